The molecule has 1 aromatic heterocycles. The van der Waals surface area contributed by atoms with Crippen LogP contribution in [0.4, 0.5) is 5.82 Å². The van der Waals surface area contributed by atoms with Crippen molar-refractivity contribution in [3.8, 4) is 0 Å². The smallest absolute Gasteiger partial charge is 0.274 e. The van der Waals surface area contributed by atoms with Crippen molar-refractivity contribution < 1.29 is 9.53 Å². The molecule has 1 fully saturated rings. The highest BCUT2D eigenvalue weighted by Crippen LogP contribution is 2.15. The highest BCUT2D eigenvalue weighted by molar-refractivity contribution is 5.92. The monoisotopic (exact) mass is 292 g/mol. The van der Waals surface area contributed by atoms with E-state index in [1.807, 2.05) is 11.8 Å². The summed E-state index contributed by atoms with van der Waals surface area (Å²) in [5.41, 5.74) is 0.409. The summed E-state index contributed by atoms with van der Waals surface area (Å²) in [6.45, 7) is 7.12. The number of rotatable bonds is 6. The van der Waals surface area contributed by atoms with E-state index < -0.39 is 0 Å². The van der Waals surface area contributed by atoms with E-state index in [-0.39, 0.29) is 12.0 Å². The van der Waals surface area contributed by atoms with Gasteiger partial charge in [-0.3, -0.25) is 4.79 Å². The van der Waals surface area contributed by atoms with Gasteiger partial charge in [0.1, 0.15) is 11.5 Å². The van der Waals surface area contributed by atoms with Gasteiger partial charge in [-0.05, 0) is 26.2 Å². The van der Waals surface area contributed by atoms with Crippen LogP contribution in [0, 0.1) is 0 Å². The molecule has 0 saturated carbocycles. The van der Waals surface area contributed by atoms with Crippen molar-refractivity contribution in [2.75, 3.05) is 31.6 Å². The fourth-order valence-electron chi connectivity index (χ4n) is 2.41. The Morgan fingerprint density at radius 3 is 2.67 bits per heavy atom. The number of anilines is 1. The van der Waals surface area contributed by atoms with E-state index in [9.17, 15) is 4.79 Å². The normalized spacial score (nSPS) is 16.0. The zero-order valence-electron chi connectivity index (χ0n) is 12.8. The molecule has 0 spiro atoms. The van der Waals surface area contributed by atoms with Crippen molar-refractivity contribution >= 4 is 11.7 Å². The molecule has 2 rings (SSSR count). The average Bonchev–Trinajstić information content (AvgIpc) is 2.54. The molecule has 0 atom stereocenters. The predicted molar refractivity (Wildman–Crippen MR) is 81.4 cm³/mol. The van der Waals surface area contributed by atoms with Crippen LogP contribution in [0.25, 0.3) is 0 Å². The summed E-state index contributed by atoms with van der Waals surface area (Å²) in [7, 11) is 0. The lowest BCUT2D eigenvalue weighted by molar-refractivity contribution is 0.0144. The Morgan fingerprint density at radius 1 is 1.33 bits per heavy atom. The summed E-state index contributed by atoms with van der Waals surface area (Å²) in [6, 6.07) is 0. The number of amides is 1. The fraction of sp³-hybridized carbons (Fsp3) is 0.667. The van der Waals surface area contributed by atoms with Gasteiger partial charge in [0.25, 0.3) is 5.91 Å². The lowest BCUT2D eigenvalue weighted by Gasteiger charge is -2.31. The third-order valence-electron chi connectivity index (χ3n) is 3.56. The summed E-state index contributed by atoms with van der Waals surface area (Å²) in [4.78, 5) is 22.6. The standard InChI is InChI=1S/C15H24N4O2/c1-3-7-16-14-11-17-13(10-18-14)15(20)19-8-5-12(6-9-19)21-4-2/h10-12H,3-9H2,1-2H3,(H,16,18). The zero-order chi connectivity index (χ0) is 15.1. The third-order valence-corrected chi connectivity index (χ3v) is 3.56. The quantitative estimate of drug-likeness (QED) is 0.868. The highest BCUT2D eigenvalue weighted by Gasteiger charge is 2.24. The number of aromatic nitrogens is 2. The molecule has 1 aliphatic rings. The lowest BCUT2D eigenvalue weighted by Crippen LogP contribution is -2.41. The molecule has 116 valence electrons. The van der Waals surface area contributed by atoms with Crippen LogP contribution in [0.2, 0.25) is 0 Å². The summed E-state index contributed by atoms with van der Waals surface area (Å²) in [6.07, 6.45) is 6.26. The van der Waals surface area contributed by atoms with Gasteiger partial charge in [0.05, 0.1) is 18.5 Å². The molecular weight excluding hydrogens is 268 g/mol. The number of hydrogen-bond acceptors (Lipinski definition) is 5. The van der Waals surface area contributed by atoms with Gasteiger partial charge in [-0.25, -0.2) is 9.97 Å². The van der Waals surface area contributed by atoms with Crippen LogP contribution in [-0.2, 0) is 4.74 Å². The molecule has 1 aromatic rings. The Balaban J connectivity index is 1.88. The molecule has 6 heteroatoms. The summed E-state index contributed by atoms with van der Waals surface area (Å²) in [5, 5.41) is 3.14. The second kappa shape index (κ2) is 7.93. The second-order valence-electron chi connectivity index (χ2n) is 5.16. The average molecular weight is 292 g/mol. The van der Waals surface area contributed by atoms with E-state index >= 15 is 0 Å². The van der Waals surface area contributed by atoms with Gasteiger partial charge >= 0.3 is 0 Å². The topological polar surface area (TPSA) is 67.4 Å². The Morgan fingerprint density at radius 2 is 2.10 bits per heavy atom. The number of carbonyl (C=O) groups excluding carboxylic acids is 1. The van der Waals surface area contributed by atoms with E-state index in [4.69, 9.17) is 4.74 Å². The molecule has 0 bridgehead atoms. The molecule has 1 amide bonds. The Labute approximate surface area is 125 Å². The predicted octanol–water partition coefficient (Wildman–Crippen LogP) is 1.94. The van der Waals surface area contributed by atoms with Gasteiger partial charge in [0.2, 0.25) is 0 Å². The number of nitrogens with one attached hydrogen (secondary N) is 1. The van der Waals surface area contributed by atoms with Crippen LogP contribution in [0.3, 0.4) is 0 Å². The molecule has 6 nitrogen and oxygen atoms in total. The molecule has 0 aromatic carbocycles. The van der Waals surface area contributed by atoms with Crippen molar-refractivity contribution in [3.63, 3.8) is 0 Å². The van der Waals surface area contributed by atoms with Crippen LogP contribution in [0.5, 0.6) is 0 Å². The van der Waals surface area contributed by atoms with Crippen molar-refractivity contribution in [3.05, 3.63) is 18.1 Å². The first kappa shape index (κ1) is 15.7. The largest absolute Gasteiger partial charge is 0.378 e. The van der Waals surface area contributed by atoms with E-state index in [1.54, 1.807) is 12.4 Å². The number of likely N-dealkylation sites (tertiary alicyclic amines) is 1. The van der Waals surface area contributed by atoms with Crippen LogP contribution in [-0.4, -0.2) is 53.1 Å². The first-order chi connectivity index (χ1) is 10.2. The van der Waals surface area contributed by atoms with Crippen LogP contribution in [0.15, 0.2) is 12.4 Å². The Bertz CT molecular complexity index is 441. The third kappa shape index (κ3) is 4.39. The SMILES string of the molecule is CCCNc1cnc(C(=O)N2CCC(OCC)CC2)cn1. The van der Waals surface area contributed by atoms with Crippen LogP contribution >= 0.6 is 0 Å². The summed E-state index contributed by atoms with van der Waals surface area (Å²) >= 11 is 0. The van der Waals surface area contributed by atoms with Gasteiger partial charge in [0.15, 0.2) is 0 Å². The molecule has 0 aliphatic carbocycles. The molecule has 0 radical (unpaired) electrons. The Kier molecular flexibility index (Phi) is 5.92. The van der Waals surface area contributed by atoms with Gasteiger partial charge < -0.3 is 15.0 Å². The van der Waals surface area contributed by atoms with E-state index in [2.05, 4.69) is 22.2 Å². The van der Waals surface area contributed by atoms with Gasteiger partial charge in [-0.15, -0.1) is 0 Å². The maximum absolute atomic E-state index is 12.4. The zero-order valence-corrected chi connectivity index (χ0v) is 12.8. The first-order valence-electron chi connectivity index (χ1n) is 7.71. The van der Waals surface area contributed by atoms with Crippen molar-refractivity contribution in [1.29, 1.82) is 0 Å². The minimum absolute atomic E-state index is 0.0421. The highest BCUT2D eigenvalue weighted by atomic mass is 16.5. The molecule has 0 unspecified atom stereocenters. The van der Waals surface area contributed by atoms with Crippen LogP contribution in [0.1, 0.15) is 43.6 Å². The van der Waals surface area contributed by atoms with E-state index in [0.717, 1.165) is 45.5 Å². The lowest BCUT2D eigenvalue weighted by atomic mass is 10.1. The Hall–Kier alpha value is -1.69. The van der Waals surface area contributed by atoms with Crippen molar-refractivity contribution in [2.45, 2.75) is 39.2 Å². The van der Waals surface area contributed by atoms with Crippen molar-refractivity contribution in [1.82, 2.24) is 14.9 Å². The molecule has 1 N–H and O–H groups in total. The van der Waals surface area contributed by atoms with E-state index in [1.165, 1.54) is 0 Å². The molecule has 21 heavy (non-hydrogen) atoms. The van der Waals surface area contributed by atoms with Gasteiger partial charge in [0, 0.05) is 26.2 Å². The van der Waals surface area contributed by atoms with Gasteiger partial charge in [-0.1, -0.05) is 6.92 Å². The minimum atomic E-state index is -0.0421. The number of hydrogen-bond donors (Lipinski definition) is 1. The maximum atomic E-state index is 12.4. The minimum Gasteiger partial charge on any atom is -0.378 e. The first-order valence-corrected chi connectivity index (χ1v) is 7.71. The molecule has 1 saturated heterocycles. The van der Waals surface area contributed by atoms with E-state index in [0.29, 0.717) is 11.5 Å². The summed E-state index contributed by atoms with van der Waals surface area (Å²) < 4.78 is 5.60. The second-order valence-corrected chi connectivity index (χ2v) is 5.16. The molecular formula is C15H24N4O2. The number of carbonyl (C=O) groups is 1. The number of piperidine rings is 1. The summed E-state index contributed by atoms with van der Waals surface area (Å²) in [5.74, 6) is 0.669. The molecule has 1 aliphatic heterocycles. The maximum Gasteiger partial charge on any atom is 0.274 e. The number of nitrogens with zero attached hydrogens (tertiary/aromatic N) is 3. The molecule has 2 heterocycles. The van der Waals surface area contributed by atoms with Crippen LogP contribution < -0.4 is 5.32 Å². The number of ether oxygens (including phenoxy) is 1. The van der Waals surface area contributed by atoms with Gasteiger partial charge in [-0.2, -0.15) is 0 Å². The fourth-order valence-corrected chi connectivity index (χ4v) is 2.41. The van der Waals surface area contributed by atoms with Crippen molar-refractivity contribution in [2.24, 2.45) is 0 Å².